The largest absolute Gasteiger partial charge is 0.318 e. The first-order chi connectivity index (χ1) is 15.7. The number of thiocarbonyl (C=S) groups is 1. The van der Waals surface area contributed by atoms with E-state index < -0.39 is 11.8 Å². The molecule has 2 aromatic carbocycles. The summed E-state index contributed by atoms with van der Waals surface area (Å²) in [5.74, 6) is -0.910. The van der Waals surface area contributed by atoms with Crippen LogP contribution in [-0.2, 0) is 16.0 Å². The minimum atomic E-state index is -0.484. The summed E-state index contributed by atoms with van der Waals surface area (Å²) in [4.78, 5) is 27.5. The first-order valence-corrected chi connectivity index (χ1v) is 11.4. The summed E-state index contributed by atoms with van der Waals surface area (Å²) in [6.07, 6.45) is 2.56. The van der Waals surface area contributed by atoms with Gasteiger partial charge in [-0.2, -0.15) is 0 Å². The predicted molar refractivity (Wildman–Crippen MR) is 137 cm³/mol. The Kier molecular flexibility index (Phi) is 6.04. The maximum absolute atomic E-state index is 13.4. The number of carbonyl (C=O) groups is 2. The summed E-state index contributed by atoms with van der Waals surface area (Å²) in [6.45, 7) is 10.2. The van der Waals surface area contributed by atoms with E-state index in [4.69, 9.17) is 12.2 Å². The predicted octanol–water partition coefficient (Wildman–Crippen LogP) is 5.10. The molecule has 0 radical (unpaired) electrons. The Labute approximate surface area is 199 Å². The van der Waals surface area contributed by atoms with Gasteiger partial charge in [-0.05, 0) is 93.4 Å². The van der Waals surface area contributed by atoms with Crippen molar-refractivity contribution in [3.63, 3.8) is 0 Å². The van der Waals surface area contributed by atoms with E-state index in [-0.39, 0.29) is 10.7 Å². The fraction of sp³-hybridized carbons (Fsp3) is 0.222. The summed E-state index contributed by atoms with van der Waals surface area (Å²) >= 11 is 5.32. The zero-order valence-corrected chi connectivity index (χ0v) is 20.3. The molecule has 0 spiro atoms. The van der Waals surface area contributed by atoms with Crippen molar-refractivity contribution >= 4 is 40.9 Å². The maximum atomic E-state index is 13.4. The van der Waals surface area contributed by atoms with Crippen LogP contribution in [0.2, 0.25) is 0 Å². The van der Waals surface area contributed by atoms with Crippen molar-refractivity contribution in [3.8, 4) is 5.69 Å². The molecular weight excluding hydrogens is 430 g/mol. The zero-order chi connectivity index (χ0) is 23.9. The molecule has 168 valence electrons. The minimum absolute atomic E-state index is 0.0593. The summed E-state index contributed by atoms with van der Waals surface area (Å²) in [5, 5.41) is 2.76. The van der Waals surface area contributed by atoms with Crippen LogP contribution in [0.1, 0.15) is 40.6 Å². The van der Waals surface area contributed by atoms with Crippen LogP contribution in [0.15, 0.2) is 54.1 Å². The lowest BCUT2D eigenvalue weighted by molar-refractivity contribution is -0.122. The Morgan fingerprint density at radius 1 is 0.970 bits per heavy atom. The van der Waals surface area contributed by atoms with E-state index >= 15 is 0 Å². The van der Waals surface area contributed by atoms with Gasteiger partial charge in [0.2, 0.25) is 0 Å². The van der Waals surface area contributed by atoms with Gasteiger partial charge in [-0.25, -0.2) is 0 Å². The van der Waals surface area contributed by atoms with Gasteiger partial charge in [0, 0.05) is 17.1 Å². The number of benzene rings is 2. The summed E-state index contributed by atoms with van der Waals surface area (Å²) < 4.78 is 2.15. The normalized spacial score (nSPS) is 15.4. The first kappa shape index (κ1) is 22.7. The van der Waals surface area contributed by atoms with Gasteiger partial charge in [-0.1, -0.05) is 36.8 Å². The van der Waals surface area contributed by atoms with Crippen LogP contribution in [0.25, 0.3) is 11.8 Å². The Balaban J connectivity index is 1.75. The van der Waals surface area contributed by atoms with Gasteiger partial charge in [-0.3, -0.25) is 19.8 Å². The number of hydrogen-bond donors (Lipinski definition) is 1. The fourth-order valence-electron chi connectivity index (χ4n) is 4.29. The summed E-state index contributed by atoms with van der Waals surface area (Å²) in [7, 11) is 0. The van der Waals surface area contributed by atoms with Gasteiger partial charge >= 0.3 is 0 Å². The van der Waals surface area contributed by atoms with Gasteiger partial charge in [0.05, 0.1) is 5.69 Å². The molecule has 0 bridgehead atoms. The third-order valence-corrected chi connectivity index (χ3v) is 6.35. The van der Waals surface area contributed by atoms with E-state index in [9.17, 15) is 9.59 Å². The number of nitrogens with zero attached hydrogens (tertiary/aromatic N) is 2. The van der Waals surface area contributed by atoms with E-state index in [0.29, 0.717) is 5.69 Å². The second-order valence-electron chi connectivity index (χ2n) is 8.43. The van der Waals surface area contributed by atoms with E-state index in [0.717, 1.165) is 40.2 Å². The molecule has 1 saturated heterocycles. The number of anilines is 1. The monoisotopic (exact) mass is 457 g/mol. The van der Waals surface area contributed by atoms with Crippen molar-refractivity contribution in [2.75, 3.05) is 4.90 Å². The number of amides is 2. The molecule has 1 aliphatic rings. The number of aromatic nitrogens is 1. The molecule has 33 heavy (non-hydrogen) atoms. The van der Waals surface area contributed by atoms with Gasteiger partial charge in [0.1, 0.15) is 5.57 Å². The molecule has 3 aromatic rings. The molecule has 1 fully saturated rings. The van der Waals surface area contributed by atoms with Crippen LogP contribution >= 0.6 is 12.2 Å². The molecule has 0 atom stereocenters. The second kappa shape index (κ2) is 8.79. The maximum Gasteiger partial charge on any atom is 0.270 e. The molecule has 1 aromatic heterocycles. The van der Waals surface area contributed by atoms with Crippen molar-refractivity contribution in [1.82, 2.24) is 9.88 Å². The minimum Gasteiger partial charge on any atom is -0.318 e. The molecule has 2 heterocycles. The molecule has 1 N–H and O–H groups in total. The van der Waals surface area contributed by atoms with Crippen molar-refractivity contribution < 1.29 is 9.59 Å². The van der Waals surface area contributed by atoms with Crippen LogP contribution in [0, 0.1) is 27.7 Å². The Bertz CT molecular complexity index is 1320. The summed E-state index contributed by atoms with van der Waals surface area (Å²) in [6, 6.07) is 15.9. The van der Waals surface area contributed by atoms with Crippen molar-refractivity contribution in [2.24, 2.45) is 0 Å². The lowest BCUT2D eigenvalue weighted by Crippen LogP contribution is -2.54. The standard InChI is InChI=1S/C27H27N3O2S/c1-6-20-8-10-22(11-9-20)30-26(32)23(25(31)28-27(30)33)15-21-14-18(4)29(19(21)5)24-12-7-16(2)13-17(24)3/h7-15H,6H2,1-5H3,(H,28,31,33)/b23-15+. The van der Waals surface area contributed by atoms with Crippen molar-refractivity contribution in [2.45, 2.75) is 41.0 Å². The lowest BCUT2D eigenvalue weighted by atomic mass is 10.1. The van der Waals surface area contributed by atoms with Crippen molar-refractivity contribution in [1.29, 1.82) is 0 Å². The number of carbonyl (C=O) groups excluding carboxylic acids is 2. The molecule has 6 heteroatoms. The number of nitrogens with one attached hydrogen (secondary N) is 1. The van der Waals surface area contributed by atoms with E-state index in [2.05, 4.69) is 48.9 Å². The average molecular weight is 458 g/mol. The molecular formula is C27H27N3O2S. The van der Waals surface area contributed by atoms with Gasteiger partial charge < -0.3 is 4.57 Å². The lowest BCUT2D eigenvalue weighted by Gasteiger charge is -2.29. The quantitative estimate of drug-likeness (QED) is 0.337. The highest BCUT2D eigenvalue weighted by Crippen LogP contribution is 2.27. The molecule has 5 nitrogen and oxygen atoms in total. The topological polar surface area (TPSA) is 54.3 Å². The fourth-order valence-corrected chi connectivity index (χ4v) is 4.57. The molecule has 2 amide bonds. The molecule has 0 unspecified atom stereocenters. The summed E-state index contributed by atoms with van der Waals surface area (Å²) in [5.41, 5.74) is 8.10. The number of aryl methyl sites for hydroxylation is 4. The number of hydrogen-bond acceptors (Lipinski definition) is 3. The van der Waals surface area contributed by atoms with Crippen LogP contribution < -0.4 is 10.2 Å². The molecule has 4 rings (SSSR count). The third-order valence-electron chi connectivity index (χ3n) is 6.07. The van der Waals surface area contributed by atoms with Crippen LogP contribution in [-0.4, -0.2) is 21.5 Å². The van der Waals surface area contributed by atoms with Gasteiger partial charge in [-0.15, -0.1) is 0 Å². The highest BCUT2D eigenvalue weighted by molar-refractivity contribution is 7.80. The van der Waals surface area contributed by atoms with E-state index in [1.54, 1.807) is 6.08 Å². The van der Waals surface area contributed by atoms with Crippen LogP contribution in [0.4, 0.5) is 5.69 Å². The van der Waals surface area contributed by atoms with Crippen molar-refractivity contribution in [3.05, 3.63) is 87.7 Å². The average Bonchev–Trinajstić information content (AvgIpc) is 3.04. The Hall–Kier alpha value is -3.51. The second-order valence-corrected chi connectivity index (χ2v) is 8.82. The van der Waals surface area contributed by atoms with E-state index in [1.807, 2.05) is 44.2 Å². The Morgan fingerprint density at radius 3 is 2.30 bits per heavy atom. The highest BCUT2D eigenvalue weighted by Gasteiger charge is 2.34. The van der Waals surface area contributed by atoms with Gasteiger partial charge in [0.15, 0.2) is 5.11 Å². The molecule has 1 aliphatic heterocycles. The first-order valence-electron chi connectivity index (χ1n) is 11.0. The Morgan fingerprint density at radius 2 is 1.67 bits per heavy atom. The highest BCUT2D eigenvalue weighted by atomic mass is 32.1. The molecule has 0 aliphatic carbocycles. The smallest absolute Gasteiger partial charge is 0.270 e. The zero-order valence-electron chi connectivity index (χ0n) is 19.5. The van der Waals surface area contributed by atoms with Gasteiger partial charge in [0.25, 0.3) is 11.8 Å². The van der Waals surface area contributed by atoms with Crippen LogP contribution in [0.5, 0.6) is 0 Å². The third kappa shape index (κ3) is 4.14. The SMILES string of the molecule is CCc1ccc(N2C(=O)/C(=C/c3cc(C)n(-c4ccc(C)cc4C)c3C)C(=O)NC2=S)cc1. The molecule has 0 saturated carbocycles. The van der Waals surface area contributed by atoms with Crippen LogP contribution in [0.3, 0.4) is 0 Å². The number of rotatable bonds is 4. The van der Waals surface area contributed by atoms with E-state index in [1.165, 1.54) is 10.5 Å².